The van der Waals surface area contributed by atoms with Crippen molar-refractivity contribution in [1.29, 1.82) is 0 Å². The largest absolute Gasteiger partial charge is 0.369 e. The number of hydrogen-bond donors (Lipinski definition) is 2. The van der Waals surface area contributed by atoms with E-state index in [2.05, 4.69) is 71.0 Å². The lowest BCUT2D eigenvalue weighted by atomic mass is 9.80. The molecule has 0 spiro atoms. The van der Waals surface area contributed by atoms with Crippen LogP contribution in [-0.2, 0) is 4.74 Å². The number of nitrogens with two attached hydrogens (primary N) is 1. The minimum atomic E-state index is -0.200. The van der Waals surface area contributed by atoms with Crippen molar-refractivity contribution in [2.75, 3.05) is 0 Å². The molecule has 0 radical (unpaired) electrons. The molecule has 1 aliphatic heterocycles. The summed E-state index contributed by atoms with van der Waals surface area (Å²) in [4.78, 5) is 0. The Bertz CT molecular complexity index is 473. The number of hydrogen-bond acceptors (Lipinski definition) is 4. The van der Waals surface area contributed by atoms with Crippen LogP contribution in [0.15, 0.2) is 13.6 Å². The van der Waals surface area contributed by atoms with Crippen LogP contribution in [0.4, 0.5) is 0 Å². The molecule has 0 aromatic carbocycles. The van der Waals surface area contributed by atoms with Gasteiger partial charge in [0.15, 0.2) is 0 Å². The average molecular weight is 412 g/mol. The molecule has 0 bridgehead atoms. The average Bonchev–Trinajstić information content (AvgIpc) is 2.66. The number of ether oxygens (including phenoxy) is 1. The molecule has 1 saturated heterocycles. The highest BCUT2D eigenvalue weighted by Gasteiger charge is 2.49. The molecule has 1 aromatic heterocycles. The number of halogens is 2. The van der Waals surface area contributed by atoms with Crippen LogP contribution in [0, 0.1) is 5.92 Å². The first-order valence-corrected chi connectivity index (χ1v) is 8.67. The van der Waals surface area contributed by atoms with Gasteiger partial charge < -0.3 is 4.74 Å². The van der Waals surface area contributed by atoms with Crippen LogP contribution in [-0.4, -0.2) is 11.2 Å². The van der Waals surface area contributed by atoms with Gasteiger partial charge in [0.25, 0.3) is 0 Å². The summed E-state index contributed by atoms with van der Waals surface area (Å²) in [5.74, 6) is 6.16. The lowest BCUT2D eigenvalue weighted by Crippen LogP contribution is -2.41. The molecular formula is C13H20Br2N2OS. The number of hydrazine groups is 1. The third kappa shape index (κ3) is 3.24. The van der Waals surface area contributed by atoms with E-state index in [4.69, 9.17) is 10.6 Å². The maximum atomic E-state index is 6.18. The number of nitrogens with one attached hydrogen (secondary N) is 1. The topological polar surface area (TPSA) is 47.3 Å². The quantitative estimate of drug-likeness (QED) is 0.573. The summed E-state index contributed by atoms with van der Waals surface area (Å²) in [5.41, 5.74) is 3.87. The zero-order chi connectivity index (χ0) is 14.4. The normalized spacial score (nSPS) is 26.6. The zero-order valence-electron chi connectivity index (χ0n) is 11.6. The van der Waals surface area contributed by atoms with Gasteiger partial charge in [-0.05, 0) is 77.6 Å². The van der Waals surface area contributed by atoms with Crippen LogP contribution in [0.1, 0.15) is 45.7 Å². The van der Waals surface area contributed by atoms with Crippen LogP contribution >= 0.6 is 43.2 Å². The molecule has 2 rings (SSSR count). The summed E-state index contributed by atoms with van der Waals surface area (Å²) in [6, 6.07) is 2.20. The molecule has 0 aliphatic carbocycles. The molecule has 3 nitrogen and oxygen atoms in total. The molecule has 6 heteroatoms. The summed E-state index contributed by atoms with van der Waals surface area (Å²) >= 11 is 8.82. The van der Waals surface area contributed by atoms with Gasteiger partial charge in [-0.25, -0.2) is 0 Å². The van der Waals surface area contributed by atoms with Crippen LogP contribution in [0.25, 0.3) is 0 Å². The van der Waals surface area contributed by atoms with E-state index in [1.165, 1.54) is 5.56 Å². The maximum absolute atomic E-state index is 6.18. The summed E-state index contributed by atoms with van der Waals surface area (Å²) in [6.45, 7) is 8.57. The van der Waals surface area contributed by atoms with Gasteiger partial charge in [-0.15, -0.1) is 11.3 Å². The van der Waals surface area contributed by atoms with Gasteiger partial charge in [0.1, 0.15) is 0 Å². The second-order valence-electron chi connectivity index (χ2n) is 6.20. The highest BCUT2D eigenvalue weighted by Crippen LogP contribution is 2.49. The Morgan fingerprint density at radius 2 is 2.05 bits per heavy atom. The molecule has 3 N–H and O–H groups in total. The molecule has 108 valence electrons. The predicted octanol–water partition coefficient (Wildman–Crippen LogP) is 4.37. The molecule has 1 aliphatic rings. The van der Waals surface area contributed by atoms with Crippen molar-refractivity contribution >= 4 is 43.2 Å². The fraction of sp³-hybridized carbons (Fsp3) is 0.692. The van der Waals surface area contributed by atoms with Crippen LogP contribution in [0.3, 0.4) is 0 Å². The van der Waals surface area contributed by atoms with Crippen LogP contribution in [0.5, 0.6) is 0 Å². The van der Waals surface area contributed by atoms with Crippen molar-refractivity contribution in [2.24, 2.45) is 11.8 Å². The maximum Gasteiger partial charge on any atom is 0.0758 e. The Balaban J connectivity index is 2.35. The molecule has 19 heavy (non-hydrogen) atoms. The minimum absolute atomic E-state index is 0.0775. The molecule has 2 atom stereocenters. The monoisotopic (exact) mass is 410 g/mol. The lowest BCUT2D eigenvalue weighted by molar-refractivity contribution is -0.0779. The molecule has 0 saturated carbocycles. The van der Waals surface area contributed by atoms with E-state index in [0.29, 0.717) is 5.92 Å². The first kappa shape index (κ1) is 15.9. The molecule has 2 heterocycles. The Hall–Kier alpha value is 0.540. The van der Waals surface area contributed by atoms with Crippen LogP contribution in [0.2, 0.25) is 0 Å². The van der Waals surface area contributed by atoms with E-state index in [-0.39, 0.29) is 17.2 Å². The first-order valence-electron chi connectivity index (χ1n) is 6.27. The van der Waals surface area contributed by atoms with E-state index in [1.54, 1.807) is 11.3 Å². The van der Waals surface area contributed by atoms with Gasteiger partial charge in [0.2, 0.25) is 0 Å². The van der Waals surface area contributed by atoms with Crippen molar-refractivity contribution in [3.8, 4) is 0 Å². The fourth-order valence-corrected chi connectivity index (χ4v) is 6.04. The highest BCUT2D eigenvalue weighted by atomic mass is 79.9. The summed E-state index contributed by atoms with van der Waals surface area (Å²) in [6.07, 6.45) is 0.981. The van der Waals surface area contributed by atoms with Gasteiger partial charge in [0.05, 0.1) is 24.8 Å². The molecular weight excluding hydrogens is 392 g/mol. The van der Waals surface area contributed by atoms with Gasteiger partial charge in [-0.1, -0.05) is 0 Å². The second kappa shape index (κ2) is 5.39. The molecule has 1 aromatic rings. The Morgan fingerprint density at radius 3 is 2.42 bits per heavy atom. The van der Waals surface area contributed by atoms with Crippen molar-refractivity contribution in [2.45, 2.75) is 51.4 Å². The Kier molecular flexibility index (Phi) is 4.51. The van der Waals surface area contributed by atoms with Crippen molar-refractivity contribution in [3.05, 3.63) is 19.2 Å². The SMILES string of the molecule is CC1(C)CC(C(NN)c2cc(Br)sc2Br)C(C)(C)O1. The predicted molar refractivity (Wildman–Crippen MR) is 87.1 cm³/mol. The second-order valence-corrected chi connectivity index (χ2v) is 9.95. The zero-order valence-corrected chi connectivity index (χ0v) is 15.6. The van der Waals surface area contributed by atoms with Gasteiger partial charge >= 0.3 is 0 Å². The Labute approximate surface area is 135 Å². The first-order chi connectivity index (χ1) is 8.66. The van der Waals surface area contributed by atoms with Crippen LogP contribution < -0.4 is 11.3 Å². The van der Waals surface area contributed by atoms with E-state index in [9.17, 15) is 0 Å². The number of rotatable bonds is 3. The standard InChI is InChI=1S/C13H20Br2N2OS/c1-12(2)6-8(13(3,4)18-12)10(17-16)7-5-9(14)19-11(7)15/h5,8,10,17H,6,16H2,1-4H3. The number of thiophene rings is 1. The van der Waals surface area contributed by atoms with Gasteiger partial charge in [-0.3, -0.25) is 11.3 Å². The van der Waals surface area contributed by atoms with Crippen molar-refractivity contribution in [1.82, 2.24) is 5.43 Å². The third-order valence-electron chi connectivity index (χ3n) is 3.74. The smallest absolute Gasteiger partial charge is 0.0758 e. The highest BCUT2D eigenvalue weighted by molar-refractivity contribution is 9.12. The van der Waals surface area contributed by atoms with Gasteiger partial charge in [-0.2, -0.15) is 0 Å². The lowest BCUT2D eigenvalue weighted by Gasteiger charge is -2.32. The third-order valence-corrected chi connectivity index (χ3v) is 6.13. The molecule has 1 fully saturated rings. The summed E-state index contributed by atoms with van der Waals surface area (Å²) in [7, 11) is 0. The Morgan fingerprint density at radius 1 is 1.42 bits per heavy atom. The van der Waals surface area contributed by atoms with E-state index < -0.39 is 0 Å². The van der Waals surface area contributed by atoms with E-state index >= 15 is 0 Å². The fourth-order valence-electron chi connectivity index (χ4n) is 3.11. The van der Waals surface area contributed by atoms with Crippen molar-refractivity contribution < 1.29 is 4.74 Å². The summed E-state index contributed by atoms with van der Waals surface area (Å²) < 4.78 is 8.40. The van der Waals surface area contributed by atoms with Crippen molar-refractivity contribution in [3.63, 3.8) is 0 Å². The molecule has 0 amide bonds. The minimum Gasteiger partial charge on any atom is -0.369 e. The summed E-state index contributed by atoms with van der Waals surface area (Å²) in [5, 5.41) is 0. The van der Waals surface area contributed by atoms with E-state index in [0.717, 1.165) is 14.0 Å². The van der Waals surface area contributed by atoms with Gasteiger partial charge in [0, 0.05) is 5.92 Å². The van der Waals surface area contributed by atoms with E-state index in [1.807, 2.05) is 0 Å². The molecule has 2 unspecified atom stereocenters.